The maximum Gasteiger partial charge on any atom is 0.293 e. The van der Waals surface area contributed by atoms with E-state index in [0.717, 1.165) is 41.5 Å². The fourth-order valence-electron chi connectivity index (χ4n) is 3.71. The van der Waals surface area contributed by atoms with Crippen molar-refractivity contribution in [2.24, 2.45) is 17.3 Å². The van der Waals surface area contributed by atoms with E-state index in [0.29, 0.717) is 30.8 Å². The largest absolute Gasteiger partial charge is 0.508 e. The van der Waals surface area contributed by atoms with Crippen LogP contribution in [0.2, 0.25) is 0 Å². The van der Waals surface area contributed by atoms with Crippen molar-refractivity contribution < 1.29 is 23.4 Å². The fraction of sp³-hybridized carbons (Fsp3) is 0.594. The van der Waals surface area contributed by atoms with Crippen molar-refractivity contribution in [3.63, 3.8) is 0 Å². The summed E-state index contributed by atoms with van der Waals surface area (Å²) in [5.74, 6) is 1.59. The zero-order chi connectivity index (χ0) is 29.3. The van der Waals surface area contributed by atoms with Gasteiger partial charge in [-0.15, -0.1) is 0 Å². The molecule has 3 rings (SSSR count). The molecule has 38 heavy (non-hydrogen) atoms. The highest BCUT2D eigenvalue weighted by molar-refractivity contribution is 5.36. The zero-order valence-corrected chi connectivity index (χ0v) is 25.1. The van der Waals surface area contributed by atoms with Gasteiger partial charge >= 0.3 is 0 Å². The number of ether oxygens (including phenoxy) is 1. The number of phenols is 1. The topological polar surface area (TPSA) is 49.8 Å². The Bertz CT molecular complexity index is 927. The number of likely N-dealkylation sites (tertiary alicyclic amines) is 1. The number of halogens is 2. The normalized spacial score (nSPS) is 15.6. The summed E-state index contributed by atoms with van der Waals surface area (Å²) in [6, 6.07) is 9.13. The van der Waals surface area contributed by atoms with Gasteiger partial charge in [0.2, 0.25) is 0 Å². The van der Waals surface area contributed by atoms with Gasteiger partial charge in [0.05, 0.1) is 6.61 Å². The van der Waals surface area contributed by atoms with Crippen LogP contribution in [0.3, 0.4) is 0 Å². The first-order valence-corrected chi connectivity index (χ1v) is 13.7. The fourth-order valence-corrected chi connectivity index (χ4v) is 3.71. The van der Waals surface area contributed by atoms with Gasteiger partial charge in [-0.3, -0.25) is 4.79 Å². The van der Waals surface area contributed by atoms with E-state index >= 15 is 0 Å². The summed E-state index contributed by atoms with van der Waals surface area (Å²) in [5, 5.41) is 9.10. The molecule has 1 aliphatic rings. The van der Waals surface area contributed by atoms with Gasteiger partial charge in [-0.1, -0.05) is 60.1 Å². The van der Waals surface area contributed by atoms with Gasteiger partial charge in [-0.05, 0) is 105 Å². The van der Waals surface area contributed by atoms with Crippen molar-refractivity contribution >= 4 is 6.47 Å². The predicted molar refractivity (Wildman–Crippen MR) is 154 cm³/mol. The van der Waals surface area contributed by atoms with Crippen LogP contribution >= 0.6 is 0 Å². The summed E-state index contributed by atoms with van der Waals surface area (Å²) in [4.78, 5) is 12.1. The minimum absolute atomic E-state index is 0.267. The predicted octanol–water partition coefficient (Wildman–Crippen LogP) is 8.12. The second-order valence-electron chi connectivity index (χ2n) is 11.4. The highest BCUT2D eigenvalue weighted by Gasteiger charge is 2.23. The molecular weight excluding hydrogens is 484 g/mol. The molecule has 0 saturated carbocycles. The van der Waals surface area contributed by atoms with Gasteiger partial charge in [0.25, 0.3) is 6.47 Å². The first-order chi connectivity index (χ1) is 17.7. The van der Waals surface area contributed by atoms with E-state index in [1.807, 2.05) is 26.0 Å². The number of carbonyl (C=O) groups excluding carboxylic acids is 1. The Morgan fingerprint density at radius 1 is 1.13 bits per heavy atom. The summed E-state index contributed by atoms with van der Waals surface area (Å²) in [6.07, 6.45) is 4.22. The molecule has 4 nitrogen and oxygen atoms in total. The first kappa shape index (κ1) is 35.5. The Labute approximate surface area is 230 Å². The van der Waals surface area contributed by atoms with E-state index in [1.165, 1.54) is 32.0 Å². The molecule has 0 spiro atoms. The average Bonchev–Trinajstić information content (AvgIpc) is 3.29. The second kappa shape index (κ2) is 18.7. The number of aromatic hydroxyl groups is 1. The zero-order valence-electron chi connectivity index (χ0n) is 25.1. The standard InChI is InChI=1S/C9H19N.C8H8F2.C8H10O.C7H14O2/c1-4-8(2)9-5-6-10(3)7-9;1-2-6-5-7(9)3-4-8(6)10;1-6-3-4-7(2)8(9)5-6;1-7(2,3)4-5-9-6-8/h8-9H,4-7H2,1-3H3;3-5H,2H2,1H3;3-5,9H,1-2H3;6H,4-5H2,1-3H3. The van der Waals surface area contributed by atoms with Crippen molar-refractivity contribution in [2.75, 3.05) is 26.7 Å². The first-order valence-electron chi connectivity index (χ1n) is 13.7. The highest BCUT2D eigenvalue weighted by Crippen LogP contribution is 2.24. The summed E-state index contributed by atoms with van der Waals surface area (Å²) in [7, 11) is 2.22. The number of rotatable bonds is 6. The molecule has 6 heteroatoms. The van der Waals surface area contributed by atoms with Crippen LogP contribution in [0.1, 0.15) is 77.5 Å². The third kappa shape index (κ3) is 16.4. The van der Waals surface area contributed by atoms with Gasteiger partial charge in [0, 0.05) is 6.54 Å². The summed E-state index contributed by atoms with van der Waals surface area (Å²) in [5.41, 5.74) is 2.72. The molecule has 1 fully saturated rings. The summed E-state index contributed by atoms with van der Waals surface area (Å²) < 4.78 is 29.5. The third-order valence-electron chi connectivity index (χ3n) is 6.67. The molecule has 1 N–H and O–H groups in total. The molecule has 1 saturated heterocycles. The third-order valence-corrected chi connectivity index (χ3v) is 6.67. The van der Waals surface area contributed by atoms with Crippen LogP contribution in [0.15, 0.2) is 36.4 Å². The quantitative estimate of drug-likeness (QED) is 0.300. The molecular formula is C32H51F2NO3. The molecule has 0 bridgehead atoms. The van der Waals surface area contributed by atoms with Gasteiger partial charge < -0.3 is 14.7 Å². The number of carbonyl (C=O) groups is 1. The van der Waals surface area contributed by atoms with Crippen LogP contribution < -0.4 is 0 Å². The number of hydrogen-bond donors (Lipinski definition) is 1. The Hall–Kier alpha value is -2.47. The van der Waals surface area contributed by atoms with E-state index < -0.39 is 0 Å². The molecule has 0 amide bonds. The van der Waals surface area contributed by atoms with Crippen molar-refractivity contribution in [1.29, 1.82) is 0 Å². The lowest BCUT2D eigenvalue weighted by Crippen LogP contribution is -2.17. The average molecular weight is 536 g/mol. The lowest BCUT2D eigenvalue weighted by atomic mass is 9.91. The molecule has 1 heterocycles. The number of phenolic OH excluding ortho intramolecular Hbond substituents is 1. The van der Waals surface area contributed by atoms with Gasteiger partial charge in [0.15, 0.2) is 0 Å². The lowest BCUT2D eigenvalue weighted by molar-refractivity contribution is -0.129. The molecule has 2 unspecified atom stereocenters. The molecule has 0 aromatic heterocycles. The number of benzene rings is 2. The summed E-state index contributed by atoms with van der Waals surface area (Å²) in [6.45, 7) is 20.3. The SMILES string of the molecule is CC(C)(C)CCOC=O.CCC(C)C1CCN(C)C1.CCc1cc(F)ccc1F.Cc1ccc(C)c(O)c1. The number of aryl methyl sites for hydroxylation is 3. The van der Waals surface area contributed by atoms with Crippen molar-refractivity contribution in [1.82, 2.24) is 4.90 Å². The maximum absolute atomic E-state index is 12.6. The molecule has 2 aromatic carbocycles. The Morgan fingerprint density at radius 2 is 1.79 bits per heavy atom. The van der Waals surface area contributed by atoms with E-state index in [9.17, 15) is 13.6 Å². The van der Waals surface area contributed by atoms with Crippen LogP contribution in [0.4, 0.5) is 8.78 Å². The Morgan fingerprint density at radius 3 is 2.21 bits per heavy atom. The minimum Gasteiger partial charge on any atom is -0.508 e. The van der Waals surface area contributed by atoms with Crippen LogP contribution in [-0.4, -0.2) is 43.2 Å². The molecule has 2 aromatic rings. The number of hydrogen-bond acceptors (Lipinski definition) is 4. The van der Waals surface area contributed by atoms with Crippen molar-refractivity contribution in [3.8, 4) is 5.75 Å². The van der Waals surface area contributed by atoms with Crippen molar-refractivity contribution in [2.45, 2.75) is 81.1 Å². The van der Waals surface area contributed by atoms with E-state index in [2.05, 4.69) is 51.3 Å². The molecule has 1 aliphatic heterocycles. The monoisotopic (exact) mass is 535 g/mol. The van der Waals surface area contributed by atoms with Crippen molar-refractivity contribution in [3.05, 3.63) is 64.7 Å². The van der Waals surface area contributed by atoms with Gasteiger partial charge in [-0.2, -0.15) is 0 Å². The Kier molecular flexibility index (Phi) is 17.5. The van der Waals surface area contributed by atoms with Crippen LogP contribution in [-0.2, 0) is 16.0 Å². The maximum atomic E-state index is 12.6. The minimum atomic E-state index is -0.377. The second-order valence-corrected chi connectivity index (χ2v) is 11.4. The molecule has 216 valence electrons. The van der Waals surface area contributed by atoms with Crippen LogP contribution in [0, 0.1) is 42.7 Å². The van der Waals surface area contributed by atoms with E-state index in [1.54, 1.807) is 13.0 Å². The van der Waals surface area contributed by atoms with Gasteiger partial charge in [-0.25, -0.2) is 8.78 Å². The Balaban J connectivity index is 0.000000481. The lowest BCUT2D eigenvalue weighted by Gasteiger charge is -2.16. The highest BCUT2D eigenvalue weighted by atomic mass is 19.1. The molecule has 0 radical (unpaired) electrons. The van der Waals surface area contributed by atoms with E-state index in [4.69, 9.17) is 5.11 Å². The van der Waals surface area contributed by atoms with Gasteiger partial charge in [0.1, 0.15) is 17.4 Å². The molecule has 2 atom stereocenters. The van der Waals surface area contributed by atoms with Crippen LogP contribution in [0.25, 0.3) is 0 Å². The smallest absolute Gasteiger partial charge is 0.293 e. The number of nitrogens with zero attached hydrogens (tertiary/aromatic N) is 1. The molecule has 0 aliphatic carbocycles. The van der Waals surface area contributed by atoms with Crippen LogP contribution in [0.5, 0.6) is 5.75 Å². The summed E-state index contributed by atoms with van der Waals surface area (Å²) >= 11 is 0. The van der Waals surface area contributed by atoms with E-state index in [-0.39, 0.29) is 17.0 Å².